The number of ether oxygens (including phenoxy) is 1. The van der Waals surface area contributed by atoms with Gasteiger partial charge >= 0.3 is 0 Å². The third kappa shape index (κ3) is 12.9. The molecule has 4 aliphatic heterocycles. The van der Waals surface area contributed by atoms with Gasteiger partial charge in [0, 0.05) is 85.5 Å². The fourth-order valence-electron chi connectivity index (χ4n) is 12.0. The molecular formula is C61H67ClN10O9S2. The van der Waals surface area contributed by atoms with E-state index in [4.69, 9.17) is 16.3 Å². The number of fused-ring (bicyclic) bond motifs is 2. The van der Waals surface area contributed by atoms with Gasteiger partial charge in [-0.1, -0.05) is 49.2 Å². The second-order valence-corrected chi connectivity index (χ2v) is 26.1. The number of carbonyl (C=O) groups is 5. The van der Waals surface area contributed by atoms with Gasteiger partial charge in [0.15, 0.2) is 0 Å². The van der Waals surface area contributed by atoms with Crippen LogP contribution in [0.25, 0.3) is 16.6 Å². The molecule has 0 radical (unpaired) electrons. The molecule has 3 saturated heterocycles. The zero-order valence-electron chi connectivity index (χ0n) is 46.3. The number of halogens is 1. The predicted octanol–water partition coefficient (Wildman–Crippen LogP) is 9.42. The van der Waals surface area contributed by atoms with Crippen molar-refractivity contribution in [2.45, 2.75) is 81.0 Å². The van der Waals surface area contributed by atoms with Crippen molar-refractivity contribution in [3.05, 3.63) is 136 Å². The van der Waals surface area contributed by atoms with Crippen LogP contribution in [0.5, 0.6) is 11.5 Å². The number of allylic oxidation sites excluding steroid dienone is 1. The van der Waals surface area contributed by atoms with Crippen molar-refractivity contribution >= 4 is 96.6 Å². The van der Waals surface area contributed by atoms with Crippen molar-refractivity contribution in [2.24, 2.45) is 11.3 Å². The highest BCUT2D eigenvalue weighted by Gasteiger charge is 2.45. The number of aromatic amines is 1. The molecule has 6 aromatic rings. The molecule has 0 saturated carbocycles. The number of likely N-dealkylation sites (tertiary alicyclic amines) is 1. The largest absolute Gasteiger partial charge is 0.455 e. The number of imide groups is 2. The van der Waals surface area contributed by atoms with Gasteiger partial charge in [0.25, 0.3) is 27.7 Å². The number of H-pyrrole nitrogens is 1. The molecular weight excluding hydrogens is 1120 g/mol. The van der Waals surface area contributed by atoms with E-state index in [1.807, 2.05) is 30.3 Å². The molecule has 2 atom stereocenters. The lowest BCUT2D eigenvalue weighted by molar-refractivity contribution is -0.136. The molecule has 434 valence electrons. The summed E-state index contributed by atoms with van der Waals surface area (Å²) < 4.78 is 36.7. The minimum atomic E-state index is -4.48. The number of carbonyl (C=O) groups excluding carboxylic acids is 5. The summed E-state index contributed by atoms with van der Waals surface area (Å²) in [5.41, 5.74) is 9.08. The Morgan fingerprint density at radius 2 is 1.72 bits per heavy atom. The van der Waals surface area contributed by atoms with Gasteiger partial charge in [0.1, 0.15) is 23.2 Å². The smallest absolute Gasteiger partial charge is 0.268 e. The van der Waals surface area contributed by atoms with Crippen LogP contribution in [0, 0.1) is 11.3 Å². The topological polar surface area (TPSA) is 239 Å². The van der Waals surface area contributed by atoms with Gasteiger partial charge < -0.3 is 24.8 Å². The molecule has 22 heteroatoms. The summed E-state index contributed by atoms with van der Waals surface area (Å²) in [7, 11) is -4.48. The number of benzene rings is 4. The van der Waals surface area contributed by atoms with Crippen LogP contribution < -0.4 is 30.5 Å². The highest BCUT2D eigenvalue weighted by atomic mass is 35.5. The number of nitrogens with one attached hydrogen (secondary N) is 5. The lowest BCUT2D eigenvalue weighted by atomic mass is 9.72. The van der Waals surface area contributed by atoms with Crippen LogP contribution in [0.15, 0.2) is 119 Å². The Balaban J connectivity index is 0.704. The molecule has 0 spiro atoms. The average Bonchev–Trinajstić information content (AvgIpc) is 3.76. The zero-order chi connectivity index (χ0) is 58.0. The van der Waals surface area contributed by atoms with E-state index >= 15 is 0 Å². The Morgan fingerprint density at radius 3 is 2.52 bits per heavy atom. The van der Waals surface area contributed by atoms with Crippen molar-refractivity contribution in [1.82, 2.24) is 34.7 Å². The van der Waals surface area contributed by atoms with Gasteiger partial charge in [0.2, 0.25) is 11.8 Å². The summed E-state index contributed by atoms with van der Waals surface area (Å²) in [6.45, 7) is 11.7. The molecule has 11 rings (SSSR count). The van der Waals surface area contributed by atoms with Crippen molar-refractivity contribution in [3.8, 4) is 11.5 Å². The van der Waals surface area contributed by atoms with Crippen LogP contribution in [-0.2, 0) is 19.6 Å². The Morgan fingerprint density at radius 1 is 0.904 bits per heavy atom. The van der Waals surface area contributed by atoms with Gasteiger partial charge in [0.05, 0.1) is 39.2 Å². The highest BCUT2D eigenvalue weighted by Crippen LogP contribution is 2.44. The third-order valence-electron chi connectivity index (χ3n) is 16.5. The minimum absolute atomic E-state index is 0.000263. The summed E-state index contributed by atoms with van der Waals surface area (Å²) in [6.07, 6.45) is 9.38. The van der Waals surface area contributed by atoms with Crippen LogP contribution in [0.1, 0.15) is 102 Å². The molecule has 6 N–H and O–H groups in total. The Hall–Kier alpha value is -7.27. The summed E-state index contributed by atoms with van der Waals surface area (Å²) in [5.74, 6) is -1.57. The second-order valence-electron chi connectivity index (χ2n) is 22.8. The van der Waals surface area contributed by atoms with E-state index < -0.39 is 45.6 Å². The maximum atomic E-state index is 14.2. The molecule has 5 aliphatic rings. The van der Waals surface area contributed by atoms with Crippen LogP contribution in [-0.4, -0.2) is 139 Å². The Labute approximate surface area is 491 Å². The number of piperazine rings is 1. The van der Waals surface area contributed by atoms with Crippen molar-refractivity contribution < 1.29 is 42.3 Å². The van der Waals surface area contributed by atoms with Crippen LogP contribution in [0.4, 0.5) is 17.1 Å². The molecule has 19 nitrogen and oxygen atoms in total. The number of rotatable bonds is 19. The van der Waals surface area contributed by atoms with E-state index in [-0.39, 0.29) is 51.6 Å². The number of aromatic nitrogens is 2. The summed E-state index contributed by atoms with van der Waals surface area (Å²) in [4.78, 5) is 81.5. The molecule has 4 aromatic carbocycles. The van der Waals surface area contributed by atoms with E-state index in [0.717, 1.165) is 112 Å². The predicted molar refractivity (Wildman–Crippen MR) is 320 cm³/mol. The maximum Gasteiger partial charge on any atom is 0.268 e. The van der Waals surface area contributed by atoms with Gasteiger partial charge in [-0.2, -0.15) is 0 Å². The first-order valence-corrected chi connectivity index (χ1v) is 31.1. The molecule has 2 unspecified atom stereocenters. The van der Waals surface area contributed by atoms with E-state index in [2.05, 4.69) is 71.5 Å². The van der Waals surface area contributed by atoms with Crippen molar-refractivity contribution in [3.63, 3.8) is 0 Å². The number of sulfonamides is 1. The van der Waals surface area contributed by atoms with E-state index in [9.17, 15) is 37.6 Å². The second kappa shape index (κ2) is 24.5. The number of hydrogen-bond donors (Lipinski definition) is 6. The maximum absolute atomic E-state index is 14.2. The van der Waals surface area contributed by atoms with E-state index in [1.165, 1.54) is 40.6 Å². The van der Waals surface area contributed by atoms with Crippen molar-refractivity contribution in [2.75, 3.05) is 80.4 Å². The third-order valence-corrected chi connectivity index (χ3v) is 19.2. The molecule has 0 bridgehead atoms. The number of hydrogen-bond acceptors (Lipinski definition) is 16. The lowest BCUT2D eigenvalue weighted by Crippen LogP contribution is -2.54. The summed E-state index contributed by atoms with van der Waals surface area (Å²) in [6, 6.07) is 25.3. The van der Waals surface area contributed by atoms with E-state index in [1.54, 1.807) is 48.8 Å². The fraction of sp³-hybridized carbons (Fsp3) is 0.377. The van der Waals surface area contributed by atoms with Crippen molar-refractivity contribution in [1.29, 1.82) is 0 Å². The number of piperidine rings is 2. The first kappa shape index (κ1) is 57.5. The summed E-state index contributed by atoms with van der Waals surface area (Å²) in [5, 5.41) is 17.4. The quantitative estimate of drug-likeness (QED) is 0.0192. The van der Waals surface area contributed by atoms with Gasteiger partial charge in [-0.05, 0) is 153 Å². The number of anilines is 3. The lowest BCUT2D eigenvalue weighted by Gasteiger charge is -2.39. The number of thioether (sulfide) groups is 1. The first-order valence-electron chi connectivity index (χ1n) is 28.2. The van der Waals surface area contributed by atoms with E-state index in [0.29, 0.717) is 39.8 Å². The number of amides is 5. The molecule has 3 fully saturated rings. The molecule has 1 aliphatic carbocycles. The Bertz CT molecular complexity index is 3640. The van der Waals surface area contributed by atoms with Gasteiger partial charge in [-0.25, -0.2) is 18.1 Å². The molecule has 83 heavy (non-hydrogen) atoms. The first-order chi connectivity index (χ1) is 40.0. The Kier molecular flexibility index (Phi) is 17.0. The highest BCUT2D eigenvalue weighted by molar-refractivity contribution is 7.99. The number of nitrogens with zero attached hydrogens (tertiary/aromatic N) is 5. The fourth-order valence-corrected chi connectivity index (χ4v) is 14.1. The molecule has 6 heterocycles. The van der Waals surface area contributed by atoms with Crippen LogP contribution in [0.3, 0.4) is 0 Å². The monoisotopic (exact) mass is 1180 g/mol. The van der Waals surface area contributed by atoms with Crippen LogP contribution in [0.2, 0.25) is 5.02 Å². The standard InChI is InChI=1S/C61H67ClN10O9S2/c1-61(2)21-19-41(48(33-61)39-9-11-42(62)12-10-39)37-70-25-27-71(28-26-70)43-13-15-46(52(31-43)81-44-30-40-20-22-63-56(40)65-35-44)57(74)68-83(79,80)45-14-16-49(50(32-45)67-78)64-34-38-6-4-23-69(36-38)24-5-29-82-53-8-3-7-47-55(53)60(77)72(59(47)76)51-17-18-54(73)66-58(51)75/h3,7-16,20,22,30-32,35,38,51,64,67,78H,4-6,17-19,21,23-29,33-34,36-37H2,1-2H3,(H,63,65)(H,68,74)(H,66,73,75). The zero-order valence-corrected chi connectivity index (χ0v) is 48.7. The minimum Gasteiger partial charge on any atom is -0.455 e. The normalized spacial score (nSPS) is 19.7. The average molecular weight is 1180 g/mol. The van der Waals surface area contributed by atoms with Gasteiger partial charge in [-0.3, -0.25) is 49.8 Å². The van der Waals surface area contributed by atoms with Gasteiger partial charge in [-0.15, -0.1) is 11.8 Å². The summed E-state index contributed by atoms with van der Waals surface area (Å²) >= 11 is 7.77. The molecule has 2 aromatic heterocycles. The van der Waals surface area contributed by atoms with Crippen LogP contribution >= 0.6 is 23.4 Å². The molecule has 5 amide bonds. The SMILES string of the molecule is CC1(C)CCC(CN2CCN(c3ccc(C(=O)NS(=O)(=O)c4ccc(NCC5CCCN(CCCSc6cccc7c6C(=O)N(C6CCC(=O)NC6=O)C7=O)C5)c(NO)c4)c(Oc4cnc5[nH]ccc5c4)c3)CC2)=C(c2ccc(Cl)cc2)C1. The number of pyridine rings is 1.